The molecule has 10 heteroatoms. The van der Waals surface area contributed by atoms with E-state index in [1.54, 1.807) is 18.9 Å². The van der Waals surface area contributed by atoms with E-state index in [2.05, 4.69) is 52.5 Å². The lowest BCUT2D eigenvalue weighted by molar-refractivity contribution is 0.479. The predicted octanol–water partition coefficient (Wildman–Crippen LogP) is 3.94. The number of nitrogens with zero attached hydrogens (tertiary/aromatic N) is 7. The summed E-state index contributed by atoms with van der Waals surface area (Å²) in [5.74, 6) is 4.33. The number of fused-ring (bicyclic) bond motifs is 1. The van der Waals surface area contributed by atoms with Crippen LogP contribution in [0, 0.1) is 6.92 Å². The lowest BCUT2D eigenvalue weighted by atomic mass is 10.2. The number of nitrogens with one attached hydrogen (secondary N) is 1. The van der Waals surface area contributed by atoms with E-state index in [-0.39, 0.29) is 0 Å². The molecule has 1 aromatic carbocycles. The van der Waals surface area contributed by atoms with Gasteiger partial charge in [0.1, 0.15) is 11.7 Å². The van der Waals surface area contributed by atoms with Crippen molar-refractivity contribution in [1.82, 2.24) is 34.3 Å². The SMILES string of the molecule is Cc1nnc(-c2ccc(SN3CC(=Nc4cc(C5CC5)[nH]n4)n4ccnc4C3)cc2)o1. The molecule has 4 heterocycles. The third-order valence-corrected chi connectivity index (χ3v) is 6.34. The largest absolute Gasteiger partial charge is 0.421 e. The zero-order valence-electron chi connectivity index (χ0n) is 16.9. The fourth-order valence-electron chi connectivity index (χ4n) is 3.63. The van der Waals surface area contributed by atoms with Gasteiger partial charge in [-0.3, -0.25) is 9.67 Å². The van der Waals surface area contributed by atoms with Crippen molar-refractivity contribution in [1.29, 1.82) is 0 Å². The van der Waals surface area contributed by atoms with E-state index >= 15 is 0 Å². The highest BCUT2D eigenvalue weighted by molar-refractivity contribution is 7.97. The number of aliphatic imine (C=N–C) groups is 1. The van der Waals surface area contributed by atoms with Gasteiger partial charge in [0.25, 0.3) is 0 Å². The van der Waals surface area contributed by atoms with E-state index in [9.17, 15) is 0 Å². The third-order valence-electron chi connectivity index (χ3n) is 5.34. The van der Waals surface area contributed by atoms with Gasteiger partial charge in [-0.1, -0.05) is 0 Å². The molecule has 0 atom stereocenters. The first-order valence-corrected chi connectivity index (χ1v) is 11.0. The summed E-state index contributed by atoms with van der Waals surface area (Å²) in [6.07, 6.45) is 6.25. The molecule has 3 aromatic heterocycles. The van der Waals surface area contributed by atoms with E-state index in [1.165, 1.54) is 18.5 Å². The van der Waals surface area contributed by atoms with Crippen molar-refractivity contribution < 1.29 is 4.42 Å². The molecule has 0 radical (unpaired) electrons. The van der Waals surface area contributed by atoms with Gasteiger partial charge in [-0.2, -0.15) is 5.10 Å². The molecular weight excluding hydrogens is 412 g/mol. The first kappa shape index (κ1) is 18.5. The van der Waals surface area contributed by atoms with Gasteiger partial charge in [0, 0.05) is 47.5 Å². The molecule has 31 heavy (non-hydrogen) atoms. The minimum Gasteiger partial charge on any atom is -0.421 e. The van der Waals surface area contributed by atoms with Crippen LogP contribution in [0.2, 0.25) is 0 Å². The molecule has 2 aliphatic rings. The van der Waals surface area contributed by atoms with E-state index in [0.717, 1.165) is 34.5 Å². The fourth-order valence-corrected chi connectivity index (χ4v) is 4.54. The lowest BCUT2D eigenvalue weighted by Gasteiger charge is -2.27. The molecule has 1 aliphatic heterocycles. The summed E-state index contributed by atoms with van der Waals surface area (Å²) >= 11 is 1.68. The lowest BCUT2D eigenvalue weighted by Crippen LogP contribution is -2.35. The first-order valence-electron chi connectivity index (χ1n) is 10.2. The first-order chi connectivity index (χ1) is 15.2. The van der Waals surface area contributed by atoms with Crippen LogP contribution >= 0.6 is 11.9 Å². The van der Waals surface area contributed by atoms with Crippen molar-refractivity contribution in [3.05, 3.63) is 60.1 Å². The molecule has 0 spiro atoms. The summed E-state index contributed by atoms with van der Waals surface area (Å²) in [5.41, 5.74) is 2.09. The number of aryl methyl sites for hydroxylation is 1. The standard InChI is InChI=1S/C21H20N8OS/c1-13-24-27-21(30-13)15-4-6-16(7-5-15)31-28-11-19-22-8-9-29(19)20(12-28)23-18-10-17(25-26-18)14-2-3-14/h4-10,14H,2-3,11-12H2,1H3,(H,25,26). The Bertz CT molecular complexity index is 1250. The Morgan fingerprint density at radius 1 is 1.16 bits per heavy atom. The Hall–Kier alpha value is -3.24. The molecule has 9 nitrogen and oxygen atoms in total. The number of H-pyrrole nitrogens is 1. The zero-order chi connectivity index (χ0) is 20.8. The van der Waals surface area contributed by atoms with E-state index < -0.39 is 0 Å². The molecular formula is C21H20N8OS. The maximum Gasteiger partial charge on any atom is 0.247 e. The van der Waals surface area contributed by atoms with Gasteiger partial charge >= 0.3 is 0 Å². The van der Waals surface area contributed by atoms with E-state index in [0.29, 0.717) is 24.2 Å². The van der Waals surface area contributed by atoms with Crippen molar-refractivity contribution in [2.45, 2.75) is 37.1 Å². The van der Waals surface area contributed by atoms with Crippen LogP contribution in [-0.4, -0.2) is 46.6 Å². The van der Waals surface area contributed by atoms with Gasteiger partial charge in [-0.25, -0.2) is 14.3 Å². The second-order valence-electron chi connectivity index (χ2n) is 7.74. The molecule has 1 fully saturated rings. The topological polar surface area (TPSA) is 101 Å². The maximum absolute atomic E-state index is 5.51. The number of rotatable bonds is 5. The quantitative estimate of drug-likeness (QED) is 0.477. The molecule has 0 saturated heterocycles. The Morgan fingerprint density at radius 2 is 2.03 bits per heavy atom. The van der Waals surface area contributed by atoms with Crippen LogP contribution in [0.1, 0.15) is 36.2 Å². The monoisotopic (exact) mass is 432 g/mol. The smallest absolute Gasteiger partial charge is 0.247 e. The fraction of sp³-hybridized carbons (Fsp3) is 0.286. The predicted molar refractivity (Wildman–Crippen MR) is 116 cm³/mol. The Morgan fingerprint density at radius 3 is 2.81 bits per heavy atom. The highest BCUT2D eigenvalue weighted by Gasteiger charge is 2.26. The molecule has 1 N–H and O–H groups in total. The number of imidazole rings is 1. The average Bonchev–Trinajstić information content (AvgIpc) is 3.13. The van der Waals surface area contributed by atoms with Crippen LogP contribution in [0.3, 0.4) is 0 Å². The van der Waals surface area contributed by atoms with Crippen molar-refractivity contribution in [3.63, 3.8) is 0 Å². The van der Waals surface area contributed by atoms with Gasteiger partial charge in [0.15, 0.2) is 5.82 Å². The van der Waals surface area contributed by atoms with Crippen LogP contribution in [0.15, 0.2) is 57.0 Å². The molecule has 4 aromatic rings. The van der Waals surface area contributed by atoms with Crippen molar-refractivity contribution in [2.24, 2.45) is 4.99 Å². The van der Waals surface area contributed by atoms with Crippen LogP contribution in [0.5, 0.6) is 0 Å². The number of aromatic nitrogens is 6. The molecule has 0 bridgehead atoms. The summed E-state index contributed by atoms with van der Waals surface area (Å²) in [6, 6.07) is 10.2. The van der Waals surface area contributed by atoms with E-state index in [4.69, 9.17) is 9.41 Å². The summed E-state index contributed by atoms with van der Waals surface area (Å²) in [7, 11) is 0. The summed E-state index contributed by atoms with van der Waals surface area (Å²) in [5, 5.41) is 15.5. The van der Waals surface area contributed by atoms with Crippen LogP contribution in [0.4, 0.5) is 5.82 Å². The van der Waals surface area contributed by atoms with Crippen LogP contribution in [-0.2, 0) is 6.54 Å². The second kappa shape index (κ2) is 7.47. The zero-order valence-corrected chi connectivity index (χ0v) is 17.7. The molecule has 156 valence electrons. The average molecular weight is 433 g/mol. The van der Waals surface area contributed by atoms with Crippen molar-refractivity contribution in [3.8, 4) is 11.5 Å². The normalized spacial score (nSPS) is 17.9. The summed E-state index contributed by atoms with van der Waals surface area (Å²) in [4.78, 5) is 10.5. The van der Waals surface area contributed by atoms with Crippen LogP contribution < -0.4 is 0 Å². The molecule has 6 rings (SSSR count). The van der Waals surface area contributed by atoms with Crippen LogP contribution in [0.25, 0.3) is 11.5 Å². The minimum absolute atomic E-state index is 0.535. The Balaban J connectivity index is 1.21. The molecule has 1 saturated carbocycles. The van der Waals surface area contributed by atoms with Gasteiger partial charge in [-0.05, 0) is 49.1 Å². The summed E-state index contributed by atoms with van der Waals surface area (Å²) < 4.78 is 9.82. The third kappa shape index (κ3) is 3.79. The summed E-state index contributed by atoms with van der Waals surface area (Å²) in [6.45, 7) is 3.20. The van der Waals surface area contributed by atoms with Gasteiger partial charge in [0.2, 0.25) is 11.8 Å². The van der Waals surface area contributed by atoms with Crippen molar-refractivity contribution >= 4 is 23.6 Å². The highest BCUT2D eigenvalue weighted by atomic mass is 32.2. The number of hydrogen-bond donors (Lipinski definition) is 1. The molecule has 1 aliphatic carbocycles. The van der Waals surface area contributed by atoms with Gasteiger partial charge in [0.05, 0.1) is 13.1 Å². The van der Waals surface area contributed by atoms with E-state index in [1.807, 2.05) is 24.5 Å². The highest BCUT2D eigenvalue weighted by Crippen LogP contribution is 2.40. The molecule has 0 amide bonds. The van der Waals surface area contributed by atoms with Crippen molar-refractivity contribution in [2.75, 3.05) is 6.54 Å². The second-order valence-corrected chi connectivity index (χ2v) is 8.91. The Labute approximate surface area is 182 Å². The maximum atomic E-state index is 5.51. The number of hydrogen-bond acceptors (Lipinski definition) is 8. The van der Waals surface area contributed by atoms with Gasteiger partial charge in [-0.15, -0.1) is 10.2 Å². The minimum atomic E-state index is 0.535. The molecule has 0 unspecified atom stereocenters. The number of benzene rings is 1. The Kier molecular flexibility index (Phi) is 4.46. The number of aromatic amines is 1. The van der Waals surface area contributed by atoms with Gasteiger partial charge < -0.3 is 4.42 Å².